The van der Waals surface area contributed by atoms with Crippen LogP contribution in [0.2, 0.25) is 0 Å². The smallest absolute Gasteiger partial charge is 0.284 e. The maximum Gasteiger partial charge on any atom is 0.284 e. The number of hydrogen-bond donors (Lipinski definition) is 3. The van der Waals surface area contributed by atoms with Gasteiger partial charge in [-0.25, -0.2) is 4.99 Å². The Hall–Kier alpha value is -1.25. The van der Waals surface area contributed by atoms with Gasteiger partial charge in [0, 0.05) is 13.1 Å². The molecule has 144 valence electrons. The van der Waals surface area contributed by atoms with E-state index in [2.05, 4.69) is 36.4 Å². The molecule has 0 saturated heterocycles. The SMILES string of the molecule is CCCCCC(C)(C)CNC(=NCc1ccc(C(N)=O)o1)NCC.I. The molecule has 7 heteroatoms. The second-order valence-electron chi connectivity index (χ2n) is 6.80. The van der Waals surface area contributed by atoms with Gasteiger partial charge in [-0.1, -0.05) is 40.0 Å². The molecule has 4 N–H and O–H groups in total. The Morgan fingerprint density at radius 2 is 1.96 bits per heavy atom. The lowest BCUT2D eigenvalue weighted by molar-refractivity contribution is 0.0972. The number of amides is 1. The Bertz CT molecular complexity index is 541. The molecule has 0 fully saturated rings. The van der Waals surface area contributed by atoms with Crippen LogP contribution in [0, 0.1) is 5.41 Å². The predicted octanol–water partition coefficient (Wildman–Crippen LogP) is 3.66. The van der Waals surface area contributed by atoms with Gasteiger partial charge in [0.15, 0.2) is 11.7 Å². The van der Waals surface area contributed by atoms with Crippen LogP contribution >= 0.6 is 24.0 Å². The first-order chi connectivity index (χ1) is 11.4. The fourth-order valence-corrected chi connectivity index (χ4v) is 2.36. The van der Waals surface area contributed by atoms with Crippen molar-refractivity contribution in [3.8, 4) is 0 Å². The summed E-state index contributed by atoms with van der Waals surface area (Å²) in [5.74, 6) is 0.959. The summed E-state index contributed by atoms with van der Waals surface area (Å²) in [4.78, 5) is 15.5. The molecule has 0 aliphatic rings. The van der Waals surface area contributed by atoms with E-state index in [1.54, 1.807) is 12.1 Å². The summed E-state index contributed by atoms with van der Waals surface area (Å²) in [6.45, 7) is 10.8. The van der Waals surface area contributed by atoms with Gasteiger partial charge in [0.1, 0.15) is 12.3 Å². The number of hydrogen-bond acceptors (Lipinski definition) is 3. The first-order valence-electron chi connectivity index (χ1n) is 8.78. The van der Waals surface area contributed by atoms with Crippen molar-refractivity contribution in [1.82, 2.24) is 10.6 Å². The molecule has 0 spiro atoms. The molecule has 0 radical (unpaired) electrons. The molecule has 0 aromatic carbocycles. The van der Waals surface area contributed by atoms with Crippen molar-refractivity contribution >= 4 is 35.8 Å². The van der Waals surface area contributed by atoms with Crippen molar-refractivity contribution in [2.45, 2.75) is 59.9 Å². The number of halogens is 1. The van der Waals surface area contributed by atoms with Crippen LogP contribution in [-0.2, 0) is 6.54 Å². The quantitative estimate of drug-likeness (QED) is 0.213. The summed E-state index contributed by atoms with van der Waals surface area (Å²) in [5.41, 5.74) is 5.40. The van der Waals surface area contributed by atoms with Crippen molar-refractivity contribution in [2.75, 3.05) is 13.1 Å². The van der Waals surface area contributed by atoms with Gasteiger partial charge in [-0.3, -0.25) is 4.79 Å². The molecule has 0 saturated carbocycles. The Balaban J connectivity index is 0.00000576. The third-order valence-corrected chi connectivity index (χ3v) is 3.83. The zero-order valence-electron chi connectivity index (χ0n) is 15.9. The molecule has 0 atom stereocenters. The number of rotatable bonds is 10. The van der Waals surface area contributed by atoms with Gasteiger partial charge >= 0.3 is 0 Å². The molecule has 1 aromatic heterocycles. The molecule has 0 aliphatic carbocycles. The van der Waals surface area contributed by atoms with Gasteiger partial charge in [0.25, 0.3) is 5.91 Å². The fraction of sp³-hybridized carbons (Fsp3) is 0.667. The molecule has 6 nitrogen and oxygen atoms in total. The van der Waals surface area contributed by atoms with E-state index in [1.807, 2.05) is 6.92 Å². The van der Waals surface area contributed by atoms with Crippen molar-refractivity contribution in [3.05, 3.63) is 23.7 Å². The maximum atomic E-state index is 11.0. The molecular formula is C18H33IN4O2. The van der Waals surface area contributed by atoms with E-state index >= 15 is 0 Å². The molecule has 0 bridgehead atoms. The number of carbonyl (C=O) groups is 1. The number of nitrogens with zero attached hydrogens (tertiary/aromatic N) is 1. The van der Waals surface area contributed by atoms with E-state index in [0.717, 1.165) is 19.0 Å². The fourth-order valence-electron chi connectivity index (χ4n) is 2.36. The number of nitrogens with two attached hydrogens (primary N) is 1. The molecule has 1 rings (SSSR count). The molecule has 25 heavy (non-hydrogen) atoms. The second-order valence-corrected chi connectivity index (χ2v) is 6.80. The van der Waals surface area contributed by atoms with E-state index in [9.17, 15) is 4.79 Å². The highest BCUT2D eigenvalue weighted by atomic mass is 127. The van der Waals surface area contributed by atoms with Crippen LogP contribution in [0.1, 0.15) is 69.7 Å². The van der Waals surface area contributed by atoms with Gasteiger partial charge < -0.3 is 20.8 Å². The molecule has 1 amide bonds. The summed E-state index contributed by atoms with van der Waals surface area (Å²) < 4.78 is 5.35. The highest BCUT2D eigenvalue weighted by Gasteiger charge is 2.17. The van der Waals surface area contributed by atoms with E-state index < -0.39 is 5.91 Å². The van der Waals surface area contributed by atoms with Crippen molar-refractivity contribution in [1.29, 1.82) is 0 Å². The number of primary amides is 1. The largest absolute Gasteiger partial charge is 0.454 e. The van der Waals surface area contributed by atoms with Crippen LogP contribution in [-0.4, -0.2) is 25.0 Å². The minimum Gasteiger partial charge on any atom is -0.454 e. The van der Waals surface area contributed by atoms with E-state index in [1.165, 1.54) is 25.7 Å². The molecule has 0 aliphatic heterocycles. The first kappa shape index (κ1) is 23.8. The van der Waals surface area contributed by atoms with Crippen LogP contribution < -0.4 is 16.4 Å². The highest BCUT2D eigenvalue weighted by Crippen LogP contribution is 2.22. The van der Waals surface area contributed by atoms with Crippen molar-refractivity contribution < 1.29 is 9.21 Å². The summed E-state index contributed by atoms with van der Waals surface area (Å²) in [6, 6.07) is 3.30. The average molecular weight is 464 g/mol. The molecule has 0 unspecified atom stereocenters. The number of guanidine groups is 1. The lowest BCUT2D eigenvalue weighted by atomic mass is 9.87. The monoisotopic (exact) mass is 464 g/mol. The number of furan rings is 1. The van der Waals surface area contributed by atoms with Crippen LogP contribution in [0.15, 0.2) is 21.5 Å². The predicted molar refractivity (Wildman–Crippen MR) is 113 cm³/mol. The van der Waals surface area contributed by atoms with Gasteiger partial charge in [-0.05, 0) is 30.9 Å². The third kappa shape index (κ3) is 9.72. The second kappa shape index (κ2) is 12.2. The Morgan fingerprint density at radius 3 is 2.52 bits per heavy atom. The van der Waals surface area contributed by atoms with Crippen molar-refractivity contribution in [2.24, 2.45) is 16.1 Å². The zero-order valence-corrected chi connectivity index (χ0v) is 18.2. The number of carbonyl (C=O) groups excluding carboxylic acids is 1. The minimum absolute atomic E-state index is 0. The molecule has 1 aromatic rings. The summed E-state index contributed by atoms with van der Waals surface area (Å²) in [5, 5.41) is 6.62. The van der Waals surface area contributed by atoms with Gasteiger partial charge in [-0.15, -0.1) is 24.0 Å². The minimum atomic E-state index is -0.566. The lowest BCUT2D eigenvalue weighted by Gasteiger charge is -2.26. The normalized spacial score (nSPS) is 11.8. The Kier molecular flexibility index (Phi) is 11.6. The standard InChI is InChI=1S/C18H32N4O2.HI/c1-5-7-8-11-18(3,4)13-22-17(20-6-2)21-12-14-9-10-15(24-14)16(19)23;/h9-10H,5-8,11-13H2,1-4H3,(H2,19,23)(H2,20,21,22);1H. The number of aliphatic imine (C=N–C) groups is 1. The summed E-state index contributed by atoms with van der Waals surface area (Å²) >= 11 is 0. The Labute approximate surface area is 168 Å². The van der Waals surface area contributed by atoms with Crippen LogP contribution in [0.4, 0.5) is 0 Å². The van der Waals surface area contributed by atoms with Gasteiger partial charge in [0.05, 0.1) is 0 Å². The summed E-state index contributed by atoms with van der Waals surface area (Å²) in [7, 11) is 0. The zero-order chi connectivity index (χ0) is 18.0. The van der Waals surface area contributed by atoms with Gasteiger partial charge in [0.2, 0.25) is 0 Å². The molecular weight excluding hydrogens is 431 g/mol. The lowest BCUT2D eigenvalue weighted by Crippen LogP contribution is -2.42. The molecule has 1 heterocycles. The van der Waals surface area contributed by atoms with Crippen molar-refractivity contribution in [3.63, 3.8) is 0 Å². The first-order valence-corrected chi connectivity index (χ1v) is 8.78. The highest BCUT2D eigenvalue weighted by molar-refractivity contribution is 14.0. The number of unbranched alkanes of at least 4 members (excludes halogenated alkanes) is 2. The Morgan fingerprint density at radius 1 is 1.24 bits per heavy atom. The third-order valence-electron chi connectivity index (χ3n) is 3.83. The topological polar surface area (TPSA) is 92.6 Å². The van der Waals surface area contributed by atoms with Gasteiger partial charge in [-0.2, -0.15) is 0 Å². The van der Waals surface area contributed by atoms with E-state index in [0.29, 0.717) is 12.3 Å². The average Bonchev–Trinajstić information content (AvgIpc) is 2.99. The van der Waals surface area contributed by atoms with E-state index in [-0.39, 0.29) is 35.2 Å². The van der Waals surface area contributed by atoms with Crippen LogP contribution in [0.5, 0.6) is 0 Å². The maximum absolute atomic E-state index is 11.0. The van der Waals surface area contributed by atoms with Crippen LogP contribution in [0.25, 0.3) is 0 Å². The van der Waals surface area contributed by atoms with E-state index in [4.69, 9.17) is 10.2 Å². The number of nitrogens with one attached hydrogen (secondary N) is 2. The van der Waals surface area contributed by atoms with Crippen LogP contribution in [0.3, 0.4) is 0 Å². The summed E-state index contributed by atoms with van der Waals surface area (Å²) in [6.07, 6.45) is 4.96.